The molecule has 1 amide bonds. The van der Waals surface area contributed by atoms with Crippen LogP contribution in [-0.2, 0) is 11.3 Å². The first-order chi connectivity index (χ1) is 15.5. The molecular weight excluding hydrogens is 404 g/mol. The first-order valence-electron chi connectivity index (χ1n) is 10.9. The van der Waals surface area contributed by atoms with Crippen molar-refractivity contribution < 1.29 is 9.53 Å². The van der Waals surface area contributed by atoms with Crippen LogP contribution in [0.2, 0.25) is 0 Å². The van der Waals surface area contributed by atoms with Crippen molar-refractivity contribution in [1.29, 1.82) is 0 Å². The third kappa shape index (κ3) is 5.03. The molecule has 8 nitrogen and oxygen atoms in total. The highest BCUT2D eigenvalue weighted by Gasteiger charge is 2.26. The molecule has 3 heterocycles. The number of para-hydroxylation sites is 1. The number of carbonyl (C=O) groups is 1. The van der Waals surface area contributed by atoms with Gasteiger partial charge in [-0.3, -0.25) is 14.7 Å². The molecule has 32 heavy (non-hydrogen) atoms. The summed E-state index contributed by atoms with van der Waals surface area (Å²) in [5.74, 6) is 0.909. The van der Waals surface area contributed by atoms with E-state index in [9.17, 15) is 4.79 Å². The van der Waals surface area contributed by atoms with Crippen molar-refractivity contribution in [2.45, 2.75) is 18.9 Å². The van der Waals surface area contributed by atoms with E-state index in [-0.39, 0.29) is 11.8 Å². The minimum absolute atomic E-state index is 0.0881. The minimum Gasteiger partial charge on any atom is -0.383 e. The first-order valence-corrected chi connectivity index (χ1v) is 10.9. The van der Waals surface area contributed by atoms with Crippen LogP contribution >= 0.6 is 0 Å². The number of nitrogens with one attached hydrogen (secondary N) is 1. The largest absolute Gasteiger partial charge is 0.383 e. The fourth-order valence-corrected chi connectivity index (χ4v) is 4.09. The summed E-state index contributed by atoms with van der Waals surface area (Å²) >= 11 is 0. The molecule has 3 aromatic rings. The number of ether oxygens (including phenoxy) is 1. The van der Waals surface area contributed by atoms with Gasteiger partial charge in [0, 0.05) is 75.8 Å². The van der Waals surface area contributed by atoms with Crippen LogP contribution in [0.15, 0.2) is 42.7 Å². The molecule has 1 fully saturated rings. The number of nitrogens with zero attached hydrogens (tertiary/aromatic N) is 5. The molecule has 1 N–H and O–H groups in total. The summed E-state index contributed by atoms with van der Waals surface area (Å²) < 4.78 is 5.06. The minimum atomic E-state index is -0.0881. The fraction of sp³-hybridized carbons (Fsp3) is 0.417. The standard InChI is InChI=1S/C24H30N6O2/c1-29(2)24-26-13-17(14-27-24)15-30-10-8-18(16-30)22-12-20(23(31)25-9-11-32-3)19-6-4-5-7-21(19)28-22/h4-7,12-14,18H,8-11,15-16H2,1-3H3,(H,25,31). The number of aromatic nitrogens is 3. The normalized spacial score (nSPS) is 16.4. The second kappa shape index (κ2) is 10.0. The van der Waals surface area contributed by atoms with E-state index in [1.807, 2.05) is 61.7 Å². The Bertz CT molecular complexity index is 1070. The summed E-state index contributed by atoms with van der Waals surface area (Å²) in [5, 5.41) is 3.82. The van der Waals surface area contributed by atoms with Crippen molar-refractivity contribution in [3.05, 3.63) is 59.5 Å². The Balaban J connectivity index is 1.50. The van der Waals surface area contributed by atoms with Crippen LogP contribution in [0.4, 0.5) is 5.95 Å². The molecule has 1 aliphatic heterocycles. The highest BCUT2D eigenvalue weighted by molar-refractivity contribution is 6.06. The van der Waals surface area contributed by atoms with Gasteiger partial charge in [-0.1, -0.05) is 18.2 Å². The van der Waals surface area contributed by atoms with E-state index in [1.54, 1.807) is 7.11 Å². The van der Waals surface area contributed by atoms with E-state index in [0.29, 0.717) is 24.7 Å². The number of fused-ring (bicyclic) bond motifs is 1. The number of amides is 1. The number of benzene rings is 1. The number of rotatable bonds is 8. The van der Waals surface area contributed by atoms with Crippen LogP contribution in [0.3, 0.4) is 0 Å². The molecule has 1 aliphatic rings. The second-order valence-electron chi connectivity index (χ2n) is 8.37. The van der Waals surface area contributed by atoms with Crippen LogP contribution in [0, 0.1) is 0 Å². The maximum Gasteiger partial charge on any atom is 0.252 e. The summed E-state index contributed by atoms with van der Waals surface area (Å²) in [6.45, 7) is 3.64. The van der Waals surface area contributed by atoms with Crippen molar-refractivity contribution in [3.63, 3.8) is 0 Å². The molecule has 168 valence electrons. The first kappa shape index (κ1) is 22.1. The van der Waals surface area contributed by atoms with Gasteiger partial charge in [-0.05, 0) is 25.1 Å². The Hall–Kier alpha value is -3.10. The predicted octanol–water partition coefficient (Wildman–Crippen LogP) is 2.46. The van der Waals surface area contributed by atoms with Gasteiger partial charge in [0.2, 0.25) is 5.95 Å². The lowest BCUT2D eigenvalue weighted by Gasteiger charge is -2.17. The number of anilines is 1. The number of methoxy groups -OCH3 is 1. The lowest BCUT2D eigenvalue weighted by atomic mass is 9.99. The summed E-state index contributed by atoms with van der Waals surface area (Å²) in [6.07, 6.45) is 4.80. The number of pyridine rings is 1. The van der Waals surface area contributed by atoms with Crippen LogP contribution < -0.4 is 10.2 Å². The molecule has 1 aromatic carbocycles. The van der Waals surface area contributed by atoms with Crippen LogP contribution in [-0.4, -0.2) is 73.2 Å². The third-order valence-electron chi connectivity index (χ3n) is 5.76. The van der Waals surface area contributed by atoms with Crippen molar-refractivity contribution in [2.75, 3.05) is 52.3 Å². The molecule has 0 radical (unpaired) electrons. The van der Waals surface area contributed by atoms with Crippen LogP contribution in [0.1, 0.15) is 34.0 Å². The van der Waals surface area contributed by atoms with Gasteiger partial charge in [0.05, 0.1) is 17.7 Å². The zero-order valence-corrected chi connectivity index (χ0v) is 18.9. The Labute approximate surface area is 188 Å². The van der Waals surface area contributed by atoms with Gasteiger partial charge in [0.1, 0.15) is 0 Å². The van der Waals surface area contributed by atoms with Crippen molar-refractivity contribution in [1.82, 2.24) is 25.2 Å². The maximum absolute atomic E-state index is 12.9. The van der Waals surface area contributed by atoms with E-state index in [0.717, 1.165) is 48.2 Å². The van der Waals surface area contributed by atoms with E-state index in [1.165, 1.54) is 0 Å². The third-order valence-corrected chi connectivity index (χ3v) is 5.76. The Kier molecular flexibility index (Phi) is 6.92. The highest BCUT2D eigenvalue weighted by atomic mass is 16.5. The van der Waals surface area contributed by atoms with Crippen LogP contribution in [0.25, 0.3) is 10.9 Å². The van der Waals surface area contributed by atoms with Gasteiger partial charge in [0.15, 0.2) is 0 Å². The van der Waals surface area contributed by atoms with Gasteiger partial charge in [-0.25, -0.2) is 9.97 Å². The molecule has 4 rings (SSSR count). The predicted molar refractivity (Wildman–Crippen MR) is 125 cm³/mol. The monoisotopic (exact) mass is 434 g/mol. The topological polar surface area (TPSA) is 83.5 Å². The lowest BCUT2D eigenvalue weighted by Crippen LogP contribution is -2.27. The SMILES string of the molecule is COCCNC(=O)c1cc(C2CCN(Cc3cnc(N(C)C)nc3)C2)nc2ccccc12. The van der Waals surface area contributed by atoms with E-state index < -0.39 is 0 Å². The van der Waals surface area contributed by atoms with E-state index in [2.05, 4.69) is 20.2 Å². The quantitative estimate of drug-likeness (QED) is 0.545. The molecule has 1 atom stereocenters. The fourth-order valence-electron chi connectivity index (χ4n) is 4.09. The van der Waals surface area contributed by atoms with E-state index >= 15 is 0 Å². The number of hydrogen-bond donors (Lipinski definition) is 1. The smallest absolute Gasteiger partial charge is 0.252 e. The molecule has 8 heteroatoms. The molecule has 0 aliphatic carbocycles. The number of likely N-dealkylation sites (tertiary alicyclic amines) is 1. The molecule has 0 bridgehead atoms. The summed E-state index contributed by atoms with van der Waals surface area (Å²) in [4.78, 5) is 30.9. The lowest BCUT2D eigenvalue weighted by molar-refractivity contribution is 0.0938. The summed E-state index contributed by atoms with van der Waals surface area (Å²) in [6, 6.07) is 9.80. The van der Waals surface area contributed by atoms with Gasteiger partial charge in [-0.2, -0.15) is 0 Å². The number of hydrogen-bond acceptors (Lipinski definition) is 7. The van der Waals surface area contributed by atoms with Crippen LogP contribution in [0.5, 0.6) is 0 Å². The average molecular weight is 435 g/mol. The molecule has 0 spiro atoms. The zero-order valence-electron chi connectivity index (χ0n) is 18.9. The van der Waals surface area contributed by atoms with Gasteiger partial charge >= 0.3 is 0 Å². The molecular formula is C24H30N6O2. The Morgan fingerprint density at radius 3 is 2.78 bits per heavy atom. The summed E-state index contributed by atoms with van der Waals surface area (Å²) in [5.41, 5.74) is 3.60. The van der Waals surface area contributed by atoms with Crippen molar-refractivity contribution >= 4 is 22.8 Å². The number of carbonyl (C=O) groups excluding carboxylic acids is 1. The molecule has 0 saturated carbocycles. The van der Waals surface area contributed by atoms with Gasteiger partial charge < -0.3 is 15.0 Å². The Morgan fingerprint density at radius 1 is 1.25 bits per heavy atom. The maximum atomic E-state index is 12.9. The second-order valence-corrected chi connectivity index (χ2v) is 8.37. The van der Waals surface area contributed by atoms with Crippen molar-refractivity contribution in [2.24, 2.45) is 0 Å². The highest BCUT2D eigenvalue weighted by Crippen LogP contribution is 2.30. The average Bonchev–Trinajstić information content (AvgIpc) is 3.27. The molecule has 2 aromatic heterocycles. The molecule has 1 unspecified atom stereocenters. The molecule has 1 saturated heterocycles. The summed E-state index contributed by atoms with van der Waals surface area (Å²) in [7, 11) is 5.49. The zero-order chi connectivity index (χ0) is 22.5. The Morgan fingerprint density at radius 2 is 2.03 bits per heavy atom. The van der Waals surface area contributed by atoms with Gasteiger partial charge in [0.25, 0.3) is 5.91 Å². The van der Waals surface area contributed by atoms with Gasteiger partial charge in [-0.15, -0.1) is 0 Å². The van der Waals surface area contributed by atoms with E-state index in [4.69, 9.17) is 9.72 Å². The van der Waals surface area contributed by atoms with Crippen molar-refractivity contribution in [3.8, 4) is 0 Å².